The molecule has 29 heavy (non-hydrogen) atoms. The number of nitrogens with zero attached hydrogens (tertiary/aromatic N) is 2. The standard InChI is InChI=1S/C26H32N2O/c1-4-27-18-24(22-7-5-6-8-25(22)27)23(21-11-9-19(2)10-12-21)17-26(29)28-15-13-20(3)14-16-28/h5-12,18,20,23H,4,13-17H2,1-3H3/t23-/m0/s1. The summed E-state index contributed by atoms with van der Waals surface area (Å²) < 4.78 is 2.30. The molecule has 3 heteroatoms. The lowest BCUT2D eigenvalue weighted by Crippen LogP contribution is -2.38. The average molecular weight is 389 g/mol. The van der Waals surface area contributed by atoms with Gasteiger partial charge in [-0.05, 0) is 49.8 Å². The smallest absolute Gasteiger partial charge is 0.223 e. The molecule has 2 heterocycles. The van der Waals surface area contributed by atoms with Crippen LogP contribution in [0, 0.1) is 12.8 Å². The number of likely N-dealkylation sites (tertiary alicyclic amines) is 1. The van der Waals surface area contributed by atoms with E-state index in [0.717, 1.165) is 38.4 Å². The van der Waals surface area contributed by atoms with Crippen LogP contribution in [0.4, 0.5) is 0 Å². The number of hydrogen-bond acceptors (Lipinski definition) is 1. The summed E-state index contributed by atoms with van der Waals surface area (Å²) in [6, 6.07) is 17.3. The highest BCUT2D eigenvalue weighted by Crippen LogP contribution is 2.35. The third-order valence-corrected chi connectivity index (χ3v) is 6.53. The van der Waals surface area contributed by atoms with Gasteiger partial charge in [-0.2, -0.15) is 0 Å². The van der Waals surface area contributed by atoms with Gasteiger partial charge in [-0.25, -0.2) is 0 Å². The topological polar surface area (TPSA) is 25.2 Å². The molecule has 0 aliphatic carbocycles. The molecule has 1 saturated heterocycles. The highest BCUT2D eigenvalue weighted by molar-refractivity contribution is 5.86. The monoisotopic (exact) mass is 388 g/mol. The maximum Gasteiger partial charge on any atom is 0.223 e. The van der Waals surface area contributed by atoms with Crippen molar-refractivity contribution in [1.82, 2.24) is 9.47 Å². The molecule has 3 nitrogen and oxygen atoms in total. The number of carbonyl (C=O) groups excluding carboxylic acids is 1. The van der Waals surface area contributed by atoms with Gasteiger partial charge < -0.3 is 9.47 Å². The second-order valence-electron chi connectivity index (χ2n) is 8.62. The Bertz CT molecular complexity index is 978. The van der Waals surface area contributed by atoms with Gasteiger partial charge in [-0.1, -0.05) is 55.0 Å². The third kappa shape index (κ3) is 4.10. The molecule has 1 aliphatic rings. The first-order valence-electron chi connectivity index (χ1n) is 11.0. The van der Waals surface area contributed by atoms with Crippen molar-refractivity contribution < 1.29 is 4.79 Å². The van der Waals surface area contributed by atoms with E-state index in [1.165, 1.54) is 27.6 Å². The number of rotatable bonds is 5. The Kier molecular flexibility index (Phi) is 5.75. The molecule has 2 aromatic carbocycles. The highest BCUT2D eigenvalue weighted by Gasteiger charge is 2.27. The van der Waals surface area contributed by atoms with Crippen LogP contribution in [-0.2, 0) is 11.3 Å². The first-order chi connectivity index (χ1) is 14.1. The van der Waals surface area contributed by atoms with Gasteiger partial charge >= 0.3 is 0 Å². The zero-order valence-electron chi connectivity index (χ0n) is 17.9. The fourth-order valence-corrected chi connectivity index (χ4v) is 4.58. The van der Waals surface area contributed by atoms with Crippen LogP contribution in [-0.4, -0.2) is 28.5 Å². The quantitative estimate of drug-likeness (QED) is 0.546. The second-order valence-corrected chi connectivity index (χ2v) is 8.62. The first kappa shape index (κ1) is 19.8. The molecule has 0 unspecified atom stereocenters. The number of carbonyl (C=O) groups is 1. The summed E-state index contributed by atoms with van der Waals surface area (Å²) in [5.41, 5.74) is 5.00. The lowest BCUT2D eigenvalue weighted by molar-refractivity contribution is -0.132. The second kappa shape index (κ2) is 8.44. The minimum Gasteiger partial charge on any atom is -0.347 e. The van der Waals surface area contributed by atoms with E-state index in [-0.39, 0.29) is 11.8 Å². The molecule has 1 aromatic heterocycles. The van der Waals surface area contributed by atoms with Crippen LogP contribution in [0.2, 0.25) is 0 Å². The summed E-state index contributed by atoms with van der Waals surface area (Å²) in [4.78, 5) is 15.3. The molecule has 1 fully saturated rings. The predicted octanol–water partition coefficient (Wildman–Crippen LogP) is 5.75. The number of piperidine rings is 1. The van der Waals surface area contributed by atoms with E-state index in [4.69, 9.17) is 0 Å². The van der Waals surface area contributed by atoms with Crippen LogP contribution in [0.3, 0.4) is 0 Å². The fourth-order valence-electron chi connectivity index (χ4n) is 4.58. The molecule has 0 spiro atoms. The molecule has 3 aromatic rings. The average Bonchev–Trinajstić information content (AvgIpc) is 3.12. The number of hydrogen-bond donors (Lipinski definition) is 0. The summed E-state index contributed by atoms with van der Waals surface area (Å²) in [6.07, 6.45) is 5.04. The summed E-state index contributed by atoms with van der Waals surface area (Å²) in [6.45, 7) is 9.31. The van der Waals surface area contributed by atoms with Crippen LogP contribution in [0.1, 0.15) is 55.7 Å². The Morgan fingerprint density at radius 3 is 2.45 bits per heavy atom. The normalized spacial score (nSPS) is 16.3. The van der Waals surface area contributed by atoms with Gasteiger partial charge in [0, 0.05) is 49.1 Å². The van der Waals surface area contributed by atoms with Gasteiger partial charge in [-0.15, -0.1) is 0 Å². The molecule has 0 radical (unpaired) electrons. The maximum absolute atomic E-state index is 13.3. The predicted molar refractivity (Wildman–Crippen MR) is 120 cm³/mol. The first-order valence-corrected chi connectivity index (χ1v) is 11.0. The third-order valence-electron chi connectivity index (χ3n) is 6.53. The SMILES string of the molecule is CCn1cc([C@@H](CC(=O)N2CCC(C)CC2)c2ccc(C)cc2)c2ccccc21. The maximum atomic E-state index is 13.3. The van der Waals surface area contributed by atoms with E-state index < -0.39 is 0 Å². The van der Waals surface area contributed by atoms with Gasteiger partial charge in [0.1, 0.15) is 0 Å². The largest absolute Gasteiger partial charge is 0.347 e. The zero-order chi connectivity index (χ0) is 20.4. The summed E-state index contributed by atoms with van der Waals surface area (Å²) in [5, 5.41) is 1.26. The van der Waals surface area contributed by atoms with Gasteiger partial charge in [0.25, 0.3) is 0 Å². The van der Waals surface area contributed by atoms with E-state index in [9.17, 15) is 4.79 Å². The van der Waals surface area contributed by atoms with Crippen LogP contribution >= 0.6 is 0 Å². The Balaban J connectivity index is 1.72. The zero-order valence-corrected chi connectivity index (χ0v) is 17.9. The number of aryl methyl sites for hydroxylation is 2. The van der Waals surface area contributed by atoms with Crippen molar-refractivity contribution in [3.8, 4) is 0 Å². The number of fused-ring (bicyclic) bond motifs is 1. The lowest BCUT2D eigenvalue weighted by Gasteiger charge is -2.31. The molecule has 152 valence electrons. The van der Waals surface area contributed by atoms with Gasteiger partial charge in [0.2, 0.25) is 5.91 Å². The molecule has 0 N–H and O–H groups in total. The van der Waals surface area contributed by atoms with E-state index in [2.05, 4.69) is 85.0 Å². The van der Waals surface area contributed by atoms with Gasteiger partial charge in [0.15, 0.2) is 0 Å². The molecule has 1 aliphatic heterocycles. The van der Waals surface area contributed by atoms with Gasteiger partial charge in [-0.3, -0.25) is 4.79 Å². The van der Waals surface area contributed by atoms with Crippen LogP contribution in [0.15, 0.2) is 54.7 Å². The van der Waals surface area contributed by atoms with Crippen LogP contribution < -0.4 is 0 Å². The molecule has 0 bridgehead atoms. The van der Waals surface area contributed by atoms with Crippen molar-refractivity contribution in [1.29, 1.82) is 0 Å². The minimum atomic E-state index is 0.0835. The van der Waals surface area contributed by atoms with E-state index in [1.807, 2.05) is 0 Å². The lowest BCUT2D eigenvalue weighted by atomic mass is 9.87. The summed E-state index contributed by atoms with van der Waals surface area (Å²) in [7, 11) is 0. The van der Waals surface area contributed by atoms with Crippen molar-refractivity contribution >= 4 is 16.8 Å². The number of amides is 1. The molecule has 1 atom stereocenters. The van der Waals surface area contributed by atoms with Gasteiger partial charge in [0.05, 0.1) is 0 Å². The van der Waals surface area contributed by atoms with E-state index >= 15 is 0 Å². The Morgan fingerprint density at radius 1 is 1.07 bits per heavy atom. The van der Waals surface area contributed by atoms with E-state index in [1.54, 1.807) is 0 Å². The molecule has 4 rings (SSSR count). The van der Waals surface area contributed by atoms with Crippen molar-refractivity contribution in [2.24, 2.45) is 5.92 Å². The van der Waals surface area contributed by atoms with Crippen molar-refractivity contribution in [2.45, 2.75) is 52.5 Å². The molecule has 0 saturated carbocycles. The van der Waals surface area contributed by atoms with Crippen LogP contribution in [0.5, 0.6) is 0 Å². The minimum absolute atomic E-state index is 0.0835. The Labute approximate surface area is 174 Å². The summed E-state index contributed by atoms with van der Waals surface area (Å²) >= 11 is 0. The van der Waals surface area contributed by atoms with Crippen molar-refractivity contribution in [2.75, 3.05) is 13.1 Å². The fraction of sp³-hybridized carbons (Fsp3) is 0.423. The summed E-state index contributed by atoms with van der Waals surface area (Å²) in [5.74, 6) is 1.10. The number of benzene rings is 2. The molecule has 1 amide bonds. The molecular formula is C26H32N2O. The van der Waals surface area contributed by atoms with Crippen molar-refractivity contribution in [3.05, 3.63) is 71.4 Å². The Hall–Kier alpha value is -2.55. The molecular weight excluding hydrogens is 356 g/mol. The highest BCUT2D eigenvalue weighted by atomic mass is 16.2. The number of aromatic nitrogens is 1. The van der Waals surface area contributed by atoms with E-state index in [0.29, 0.717) is 6.42 Å². The Morgan fingerprint density at radius 2 is 1.76 bits per heavy atom. The van der Waals surface area contributed by atoms with Crippen LogP contribution in [0.25, 0.3) is 10.9 Å². The van der Waals surface area contributed by atoms with Crippen molar-refractivity contribution in [3.63, 3.8) is 0 Å². The number of para-hydroxylation sites is 1.